The molecular formula is C17H20N2O3S. The Bertz CT molecular complexity index is 642. The lowest BCUT2D eigenvalue weighted by Gasteiger charge is -2.26. The Morgan fingerprint density at radius 1 is 1.52 bits per heavy atom. The molecule has 1 N–H and O–H groups in total. The molecular weight excluding hydrogens is 312 g/mol. The van der Waals surface area contributed by atoms with Crippen molar-refractivity contribution in [2.24, 2.45) is 0 Å². The van der Waals surface area contributed by atoms with Gasteiger partial charge in [0.05, 0.1) is 16.9 Å². The highest BCUT2D eigenvalue weighted by molar-refractivity contribution is 7.98. The van der Waals surface area contributed by atoms with Crippen LogP contribution in [0.25, 0.3) is 0 Å². The molecule has 1 saturated heterocycles. The number of carbonyl (C=O) groups excluding carboxylic acids is 1. The first-order chi connectivity index (χ1) is 11.2. The number of amides is 1. The van der Waals surface area contributed by atoms with E-state index in [-0.39, 0.29) is 11.9 Å². The number of aliphatic hydroxyl groups is 1. The highest BCUT2D eigenvalue weighted by Gasteiger charge is 2.31. The summed E-state index contributed by atoms with van der Waals surface area (Å²) in [5, 5.41) is 11.2. The topological polar surface area (TPSA) is 66.6 Å². The van der Waals surface area contributed by atoms with Crippen molar-refractivity contribution < 1.29 is 14.3 Å². The van der Waals surface area contributed by atoms with Gasteiger partial charge >= 0.3 is 0 Å². The van der Waals surface area contributed by atoms with Gasteiger partial charge in [0.15, 0.2) is 0 Å². The molecule has 6 heteroatoms. The van der Waals surface area contributed by atoms with Gasteiger partial charge in [0, 0.05) is 25.2 Å². The average Bonchev–Trinajstić information content (AvgIpc) is 3.26. The number of aliphatic hydroxyl groups excluding tert-OH is 1. The minimum absolute atomic E-state index is 0.0145. The first-order valence-corrected chi connectivity index (χ1v) is 8.94. The van der Waals surface area contributed by atoms with Gasteiger partial charge in [0.1, 0.15) is 11.9 Å². The van der Waals surface area contributed by atoms with E-state index < -0.39 is 6.10 Å². The number of hydrogen-bond donors (Lipinski definition) is 1. The predicted molar refractivity (Wildman–Crippen MR) is 88.4 cm³/mol. The number of likely N-dealkylation sites (tertiary alicyclic amines) is 1. The minimum atomic E-state index is -0.680. The molecule has 2 atom stereocenters. The summed E-state index contributed by atoms with van der Waals surface area (Å²) in [6.45, 7) is 0.721. The Balaban J connectivity index is 1.69. The van der Waals surface area contributed by atoms with Gasteiger partial charge in [-0.3, -0.25) is 4.79 Å². The maximum absolute atomic E-state index is 12.7. The third-order valence-electron chi connectivity index (χ3n) is 4.20. The van der Waals surface area contributed by atoms with Crippen LogP contribution in [0.3, 0.4) is 0 Å². The molecule has 2 aromatic heterocycles. The van der Waals surface area contributed by atoms with Crippen molar-refractivity contribution in [2.75, 3.05) is 12.8 Å². The number of thioether (sulfide) groups is 1. The van der Waals surface area contributed by atoms with E-state index in [1.807, 2.05) is 23.3 Å². The Morgan fingerprint density at radius 3 is 3.04 bits per heavy atom. The number of aromatic nitrogens is 1. The van der Waals surface area contributed by atoms with E-state index in [0.717, 1.165) is 24.4 Å². The number of nitrogens with zero attached hydrogens (tertiary/aromatic N) is 2. The van der Waals surface area contributed by atoms with Crippen molar-refractivity contribution in [1.29, 1.82) is 0 Å². The highest BCUT2D eigenvalue weighted by atomic mass is 32.2. The molecule has 2 unspecified atom stereocenters. The first kappa shape index (κ1) is 16.1. The molecule has 3 heterocycles. The van der Waals surface area contributed by atoms with Crippen LogP contribution in [0.15, 0.2) is 46.2 Å². The van der Waals surface area contributed by atoms with Gasteiger partial charge in [0.2, 0.25) is 0 Å². The Labute approximate surface area is 139 Å². The summed E-state index contributed by atoms with van der Waals surface area (Å²) in [6, 6.07) is 7.23. The van der Waals surface area contributed by atoms with Gasteiger partial charge in [-0.25, -0.2) is 4.98 Å². The number of hydrogen-bond acceptors (Lipinski definition) is 5. The molecule has 0 saturated carbocycles. The maximum Gasteiger partial charge on any atom is 0.255 e. The SMILES string of the molecule is CSc1ccc(C(=O)N2CCCC2CC(O)c2ccco2)cn1. The van der Waals surface area contributed by atoms with Crippen LogP contribution in [-0.4, -0.2) is 39.7 Å². The van der Waals surface area contributed by atoms with Gasteiger partial charge in [-0.15, -0.1) is 11.8 Å². The van der Waals surface area contributed by atoms with Crippen LogP contribution in [0.4, 0.5) is 0 Å². The van der Waals surface area contributed by atoms with Crippen molar-refractivity contribution in [2.45, 2.75) is 36.4 Å². The van der Waals surface area contributed by atoms with Gasteiger partial charge in [-0.2, -0.15) is 0 Å². The Hall–Kier alpha value is -1.79. The van der Waals surface area contributed by atoms with Gasteiger partial charge in [-0.1, -0.05) is 0 Å². The summed E-state index contributed by atoms with van der Waals surface area (Å²) in [5.74, 6) is 0.537. The first-order valence-electron chi connectivity index (χ1n) is 7.71. The molecule has 1 amide bonds. The second-order valence-corrected chi connectivity index (χ2v) is 6.48. The van der Waals surface area contributed by atoms with E-state index in [4.69, 9.17) is 4.42 Å². The van der Waals surface area contributed by atoms with E-state index in [2.05, 4.69) is 4.98 Å². The van der Waals surface area contributed by atoms with Crippen LogP contribution in [0.5, 0.6) is 0 Å². The number of carbonyl (C=O) groups is 1. The third-order valence-corrected chi connectivity index (χ3v) is 4.86. The van der Waals surface area contributed by atoms with Crippen LogP contribution in [0.1, 0.15) is 41.5 Å². The molecule has 0 spiro atoms. The molecule has 1 aliphatic heterocycles. The van der Waals surface area contributed by atoms with E-state index in [0.29, 0.717) is 17.7 Å². The lowest BCUT2D eigenvalue weighted by molar-refractivity contribution is 0.0641. The lowest BCUT2D eigenvalue weighted by Crippen LogP contribution is -2.36. The summed E-state index contributed by atoms with van der Waals surface area (Å²) in [4.78, 5) is 18.8. The van der Waals surface area contributed by atoms with Crippen LogP contribution in [0.2, 0.25) is 0 Å². The van der Waals surface area contributed by atoms with E-state index in [1.54, 1.807) is 36.4 Å². The molecule has 0 aliphatic carbocycles. The molecule has 1 aliphatic rings. The smallest absolute Gasteiger partial charge is 0.255 e. The number of rotatable bonds is 5. The van der Waals surface area contributed by atoms with E-state index in [1.165, 1.54) is 0 Å². The summed E-state index contributed by atoms with van der Waals surface area (Å²) in [7, 11) is 0. The second kappa shape index (κ2) is 7.19. The molecule has 5 nitrogen and oxygen atoms in total. The second-order valence-electron chi connectivity index (χ2n) is 5.65. The summed E-state index contributed by atoms with van der Waals surface area (Å²) < 4.78 is 5.25. The van der Waals surface area contributed by atoms with E-state index in [9.17, 15) is 9.90 Å². The Morgan fingerprint density at radius 2 is 2.39 bits per heavy atom. The zero-order chi connectivity index (χ0) is 16.2. The molecule has 3 rings (SSSR count). The normalized spacial score (nSPS) is 19.0. The maximum atomic E-state index is 12.7. The van der Waals surface area contributed by atoms with E-state index >= 15 is 0 Å². The van der Waals surface area contributed by atoms with Crippen molar-refractivity contribution in [1.82, 2.24) is 9.88 Å². The zero-order valence-electron chi connectivity index (χ0n) is 13.0. The summed E-state index contributed by atoms with van der Waals surface area (Å²) in [5.41, 5.74) is 0.599. The fourth-order valence-electron chi connectivity index (χ4n) is 3.00. The molecule has 122 valence electrons. The monoisotopic (exact) mass is 332 g/mol. The minimum Gasteiger partial charge on any atom is -0.467 e. The van der Waals surface area contributed by atoms with Crippen molar-refractivity contribution in [3.8, 4) is 0 Å². The van der Waals surface area contributed by atoms with Crippen molar-refractivity contribution in [3.63, 3.8) is 0 Å². The largest absolute Gasteiger partial charge is 0.467 e. The molecule has 0 radical (unpaired) electrons. The van der Waals surface area contributed by atoms with Crippen LogP contribution in [0, 0.1) is 0 Å². The summed E-state index contributed by atoms with van der Waals surface area (Å²) >= 11 is 1.55. The number of furan rings is 1. The number of pyridine rings is 1. The van der Waals surface area contributed by atoms with Crippen LogP contribution < -0.4 is 0 Å². The van der Waals surface area contributed by atoms with Gasteiger partial charge < -0.3 is 14.4 Å². The lowest BCUT2D eigenvalue weighted by atomic mass is 10.0. The quantitative estimate of drug-likeness (QED) is 0.852. The molecule has 1 fully saturated rings. The molecule has 2 aromatic rings. The molecule has 0 bridgehead atoms. The van der Waals surface area contributed by atoms with Crippen molar-refractivity contribution in [3.05, 3.63) is 48.0 Å². The standard InChI is InChI=1S/C17H20N2O3S/c1-23-16-7-6-12(11-18-16)17(21)19-8-2-4-13(19)10-14(20)15-5-3-9-22-15/h3,5-7,9,11,13-14,20H,2,4,8,10H2,1H3. The highest BCUT2D eigenvalue weighted by Crippen LogP contribution is 2.28. The van der Waals surface area contributed by atoms with Crippen LogP contribution in [-0.2, 0) is 0 Å². The van der Waals surface area contributed by atoms with Crippen molar-refractivity contribution >= 4 is 17.7 Å². The van der Waals surface area contributed by atoms with Gasteiger partial charge in [0.25, 0.3) is 5.91 Å². The van der Waals surface area contributed by atoms with Crippen LogP contribution >= 0.6 is 11.8 Å². The third kappa shape index (κ3) is 3.59. The molecule has 23 heavy (non-hydrogen) atoms. The molecule has 0 aromatic carbocycles. The Kier molecular flexibility index (Phi) is 5.03. The fraction of sp³-hybridized carbons (Fsp3) is 0.412. The van der Waals surface area contributed by atoms with Gasteiger partial charge in [-0.05, 0) is 43.4 Å². The average molecular weight is 332 g/mol. The zero-order valence-corrected chi connectivity index (χ0v) is 13.8. The fourth-order valence-corrected chi connectivity index (χ4v) is 3.36. The predicted octanol–water partition coefficient (Wildman–Crippen LogP) is 3.12. The summed E-state index contributed by atoms with van der Waals surface area (Å²) in [6.07, 6.45) is 6.81.